The zero-order valence-electron chi connectivity index (χ0n) is 19.0. The molecule has 174 valence electrons. The largest absolute Gasteiger partial charge is 0.507 e. The number of non-ortho nitro benzene ring substituents is 1. The lowest BCUT2D eigenvalue weighted by Crippen LogP contribution is -2.33. The molecule has 1 N–H and O–H groups in total. The number of nitrogens with zero attached hydrogens (tertiary/aromatic N) is 3. The van der Waals surface area contributed by atoms with Crippen LogP contribution in [0.4, 0.5) is 11.4 Å². The molecule has 1 aliphatic rings. The van der Waals surface area contributed by atoms with Crippen LogP contribution in [0.15, 0.2) is 54.1 Å². The van der Waals surface area contributed by atoms with Gasteiger partial charge in [0.25, 0.3) is 17.4 Å². The summed E-state index contributed by atoms with van der Waals surface area (Å²) in [6, 6.07) is 11.7. The summed E-state index contributed by atoms with van der Waals surface area (Å²) in [6.45, 7) is 4.15. The number of ether oxygens (including phenoxy) is 1. The van der Waals surface area contributed by atoms with Gasteiger partial charge < -0.3 is 19.6 Å². The van der Waals surface area contributed by atoms with Crippen molar-refractivity contribution >= 4 is 28.8 Å². The number of carbonyl (C=O) groups excluding carboxylic acids is 2. The first kappa shape index (κ1) is 23.9. The van der Waals surface area contributed by atoms with Gasteiger partial charge in [-0.2, -0.15) is 0 Å². The van der Waals surface area contributed by atoms with Crippen molar-refractivity contribution in [3.8, 4) is 0 Å². The molecule has 0 saturated carbocycles. The zero-order chi connectivity index (χ0) is 24.3. The van der Waals surface area contributed by atoms with Crippen LogP contribution >= 0.6 is 0 Å². The Labute approximate surface area is 192 Å². The van der Waals surface area contributed by atoms with E-state index in [1.54, 1.807) is 0 Å². The highest BCUT2D eigenvalue weighted by atomic mass is 16.6. The lowest BCUT2D eigenvalue weighted by atomic mass is 9.95. The van der Waals surface area contributed by atoms with Crippen molar-refractivity contribution in [3.05, 3.63) is 75.3 Å². The fraction of sp³-hybridized carbons (Fsp3) is 0.333. The molecular formula is C24H27N3O6. The normalized spacial score (nSPS) is 17.6. The van der Waals surface area contributed by atoms with E-state index >= 15 is 0 Å². The second-order valence-corrected chi connectivity index (χ2v) is 8.20. The summed E-state index contributed by atoms with van der Waals surface area (Å²) < 4.78 is 5.58. The van der Waals surface area contributed by atoms with Crippen LogP contribution in [0.2, 0.25) is 0 Å². The molecule has 9 heteroatoms. The summed E-state index contributed by atoms with van der Waals surface area (Å²) in [5, 5.41) is 22.0. The maximum Gasteiger partial charge on any atom is 0.295 e. The fourth-order valence-electron chi connectivity index (χ4n) is 3.70. The van der Waals surface area contributed by atoms with E-state index in [1.165, 1.54) is 29.2 Å². The van der Waals surface area contributed by atoms with Crippen molar-refractivity contribution < 1.29 is 24.4 Å². The number of ketones is 1. The molecule has 0 bridgehead atoms. The fourth-order valence-corrected chi connectivity index (χ4v) is 3.70. The van der Waals surface area contributed by atoms with E-state index in [0.29, 0.717) is 5.56 Å². The first-order valence-corrected chi connectivity index (χ1v) is 10.5. The molecule has 33 heavy (non-hydrogen) atoms. The Bertz CT molecular complexity index is 1070. The number of likely N-dealkylation sites (tertiary alicyclic amines) is 1. The third kappa shape index (κ3) is 5.04. The highest BCUT2D eigenvalue weighted by Gasteiger charge is 2.45. The lowest BCUT2D eigenvalue weighted by Gasteiger charge is -2.26. The minimum atomic E-state index is -0.813. The minimum absolute atomic E-state index is 0.0419. The quantitative estimate of drug-likeness (QED) is 0.214. The molecule has 1 fully saturated rings. The van der Waals surface area contributed by atoms with Gasteiger partial charge in [0.1, 0.15) is 5.76 Å². The van der Waals surface area contributed by atoms with Crippen molar-refractivity contribution in [1.29, 1.82) is 0 Å². The maximum atomic E-state index is 13.0. The van der Waals surface area contributed by atoms with Crippen molar-refractivity contribution in [2.45, 2.75) is 26.0 Å². The molecule has 0 spiro atoms. The topological polar surface area (TPSA) is 113 Å². The lowest BCUT2D eigenvalue weighted by molar-refractivity contribution is -0.384. The Kier molecular flexibility index (Phi) is 7.13. The van der Waals surface area contributed by atoms with Crippen molar-refractivity contribution in [1.82, 2.24) is 4.90 Å². The molecule has 1 aliphatic heterocycles. The van der Waals surface area contributed by atoms with Crippen molar-refractivity contribution in [3.63, 3.8) is 0 Å². The number of Topliss-reactive ketones (excluding diaryl/α,β-unsaturated/α-hetero) is 1. The molecule has 0 radical (unpaired) electrons. The van der Waals surface area contributed by atoms with Gasteiger partial charge in [-0.3, -0.25) is 19.7 Å². The van der Waals surface area contributed by atoms with E-state index < -0.39 is 22.7 Å². The number of amides is 1. The number of carbonyl (C=O) groups is 2. The second-order valence-electron chi connectivity index (χ2n) is 8.20. The molecule has 2 aromatic carbocycles. The van der Waals surface area contributed by atoms with Gasteiger partial charge in [0.2, 0.25) is 0 Å². The number of hydrogen-bond donors (Lipinski definition) is 1. The molecule has 1 atom stereocenters. The van der Waals surface area contributed by atoms with Gasteiger partial charge in [-0.1, -0.05) is 12.1 Å². The molecule has 1 amide bonds. The van der Waals surface area contributed by atoms with Gasteiger partial charge in [0.05, 0.1) is 29.2 Å². The van der Waals surface area contributed by atoms with Crippen LogP contribution in [-0.4, -0.2) is 60.0 Å². The molecule has 0 aromatic heterocycles. The van der Waals surface area contributed by atoms with E-state index in [1.807, 2.05) is 57.1 Å². The number of benzene rings is 2. The van der Waals surface area contributed by atoms with Crippen LogP contribution in [0.3, 0.4) is 0 Å². The van der Waals surface area contributed by atoms with Crippen LogP contribution in [0, 0.1) is 10.1 Å². The van der Waals surface area contributed by atoms with Crippen LogP contribution in [0.25, 0.3) is 5.76 Å². The Hall–Kier alpha value is -3.72. The Morgan fingerprint density at radius 1 is 1.12 bits per heavy atom. The number of hydrogen-bond acceptors (Lipinski definition) is 7. The number of aliphatic hydroxyl groups is 1. The average molecular weight is 453 g/mol. The first-order chi connectivity index (χ1) is 15.6. The van der Waals surface area contributed by atoms with Gasteiger partial charge in [-0.15, -0.1) is 0 Å². The second kappa shape index (κ2) is 9.83. The van der Waals surface area contributed by atoms with Crippen LogP contribution in [0.1, 0.15) is 31.0 Å². The van der Waals surface area contributed by atoms with E-state index in [-0.39, 0.29) is 41.8 Å². The Balaban J connectivity index is 2.08. The smallest absolute Gasteiger partial charge is 0.295 e. The summed E-state index contributed by atoms with van der Waals surface area (Å²) in [5.74, 6) is -1.91. The highest BCUT2D eigenvalue weighted by molar-refractivity contribution is 6.46. The van der Waals surface area contributed by atoms with E-state index in [2.05, 4.69) is 0 Å². The number of rotatable bonds is 8. The van der Waals surface area contributed by atoms with Gasteiger partial charge in [-0.05, 0) is 43.7 Å². The summed E-state index contributed by atoms with van der Waals surface area (Å²) in [5.41, 5.74) is 1.61. The van der Waals surface area contributed by atoms with Crippen LogP contribution in [-0.2, 0) is 14.3 Å². The standard InChI is InChI=1S/C24H27N3O6/c1-15(2)33-14-13-26-21(16-5-9-18(10-6-16)25(3)4)20(23(29)24(26)30)22(28)17-7-11-19(12-8-17)27(31)32/h5-12,15,21,28H,13-14H2,1-4H3/b22-20-. The molecule has 1 heterocycles. The van der Waals surface area contributed by atoms with Gasteiger partial charge in [0, 0.05) is 44.0 Å². The van der Waals surface area contributed by atoms with Gasteiger partial charge in [0.15, 0.2) is 0 Å². The zero-order valence-corrected chi connectivity index (χ0v) is 19.0. The predicted molar refractivity (Wildman–Crippen MR) is 124 cm³/mol. The predicted octanol–water partition coefficient (Wildman–Crippen LogP) is 3.51. The van der Waals surface area contributed by atoms with Crippen LogP contribution < -0.4 is 4.90 Å². The first-order valence-electron chi connectivity index (χ1n) is 10.5. The maximum absolute atomic E-state index is 13.0. The molecular weight excluding hydrogens is 426 g/mol. The number of nitro benzene ring substituents is 1. The van der Waals surface area contributed by atoms with Gasteiger partial charge in [-0.25, -0.2) is 0 Å². The van der Waals surface area contributed by atoms with E-state index in [4.69, 9.17) is 4.74 Å². The van der Waals surface area contributed by atoms with E-state index in [9.17, 15) is 24.8 Å². The monoisotopic (exact) mass is 453 g/mol. The minimum Gasteiger partial charge on any atom is -0.507 e. The molecule has 3 rings (SSSR count). The molecule has 9 nitrogen and oxygen atoms in total. The molecule has 1 saturated heterocycles. The molecule has 0 aliphatic carbocycles. The highest BCUT2D eigenvalue weighted by Crippen LogP contribution is 2.39. The Morgan fingerprint density at radius 2 is 1.73 bits per heavy atom. The Morgan fingerprint density at radius 3 is 2.24 bits per heavy atom. The average Bonchev–Trinajstić information content (AvgIpc) is 3.03. The van der Waals surface area contributed by atoms with Crippen LogP contribution in [0.5, 0.6) is 0 Å². The van der Waals surface area contributed by atoms with E-state index in [0.717, 1.165) is 5.69 Å². The summed E-state index contributed by atoms with van der Waals surface area (Å²) in [4.78, 5) is 39.6. The third-order valence-electron chi connectivity index (χ3n) is 5.40. The van der Waals surface area contributed by atoms with Crippen molar-refractivity contribution in [2.24, 2.45) is 0 Å². The number of nitro groups is 1. The third-order valence-corrected chi connectivity index (χ3v) is 5.40. The number of anilines is 1. The molecule has 1 unspecified atom stereocenters. The molecule has 2 aromatic rings. The van der Waals surface area contributed by atoms with Crippen molar-refractivity contribution in [2.75, 3.05) is 32.1 Å². The summed E-state index contributed by atoms with van der Waals surface area (Å²) >= 11 is 0. The summed E-state index contributed by atoms with van der Waals surface area (Å²) in [6.07, 6.45) is -0.0419. The van der Waals surface area contributed by atoms with Gasteiger partial charge >= 0.3 is 0 Å². The summed E-state index contributed by atoms with van der Waals surface area (Å²) in [7, 11) is 3.80. The SMILES string of the molecule is CC(C)OCCN1C(=O)C(=O)/C(=C(\O)c2ccc([N+](=O)[O-])cc2)C1c1ccc(N(C)C)cc1. The number of aliphatic hydroxyl groups excluding tert-OH is 1.